The molecule has 2 aromatic carbocycles. The van der Waals surface area contributed by atoms with E-state index >= 15 is 0 Å². The summed E-state index contributed by atoms with van der Waals surface area (Å²) < 4.78 is 1.74. The number of aryl methyl sites for hydroxylation is 1. The lowest BCUT2D eigenvalue weighted by atomic mass is 10.1. The largest absolute Gasteiger partial charge is 0.333 e. The van der Waals surface area contributed by atoms with Crippen LogP contribution in [0.2, 0.25) is 0 Å². The molecule has 6 heteroatoms. The monoisotopic (exact) mass is 446 g/mol. The van der Waals surface area contributed by atoms with Crippen molar-refractivity contribution in [3.05, 3.63) is 66.2 Å². The third kappa shape index (κ3) is 6.78. The Morgan fingerprint density at radius 2 is 1.76 bits per heavy atom. The summed E-state index contributed by atoms with van der Waals surface area (Å²) in [6.07, 6.45) is 2.28. The van der Waals surface area contributed by atoms with E-state index in [-0.39, 0.29) is 24.3 Å². The molecule has 174 valence electrons. The quantitative estimate of drug-likeness (QED) is 0.450. The van der Waals surface area contributed by atoms with E-state index in [1.165, 1.54) is 0 Å². The second-order valence-electron chi connectivity index (χ2n) is 8.84. The van der Waals surface area contributed by atoms with E-state index in [1.807, 2.05) is 81.4 Å². The number of carbonyl (C=O) groups excluding carboxylic acids is 2. The number of nitrogens with one attached hydrogen (secondary N) is 1. The van der Waals surface area contributed by atoms with Gasteiger partial charge in [-0.05, 0) is 31.4 Å². The van der Waals surface area contributed by atoms with Crippen molar-refractivity contribution >= 4 is 17.6 Å². The van der Waals surface area contributed by atoms with Crippen molar-refractivity contribution in [2.75, 3.05) is 18.4 Å². The van der Waals surface area contributed by atoms with Crippen LogP contribution >= 0.6 is 0 Å². The molecule has 0 saturated heterocycles. The molecule has 0 radical (unpaired) electrons. The number of benzene rings is 2. The van der Waals surface area contributed by atoms with Gasteiger partial charge in [0.05, 0.1) is 17.9 Å². The summed E-state index contributed by atoms with van der Waals surface area (Å²) in [5.41, 5.74) is 3.74. The van der Waals surface area contributed by atoms with Crippen molar-refractivity contribution in [3.63, 3.8) is 0 Å². The lowest BCUT2D eigenvalue weighted by Gasteiger charge is -2.23. The molecule has 1 aromatic heterocycles. The average Bonchev–Trinajstić information content (AvgIpc) is 3.20. The predicted molar refractivity (Wildman–Crippen MR) is 133 cm³/mol. The Kier molecular flexibility index (Phi) is 8.41. The molecule has 0 bridgehead atoms. The first kappa shape index (κ1) is 24.2. The number of rotatable bonds is 10. The Labute approximate surface area is 196 Å². The Morgan fingerprint density at radius 3 is 2.39 bits per heavy atom. The molecule has 1 N–H and O–H groups in total. The third-order valence-electron chi connectivity index (χ3n) is 5.38. The highest BCUT2D eigenvalue weighted by Gasteiger charge is 2.20. The first-order valence-corrected chi connectivity index (χ1v) is 11.7. The normalized spacial score (nSPS) is 10.9. The maximum absolute atomic E-state index is 13.0. The highest BCUT2D eigenvalue weighted by Crippen LogP contribution is 2.25. The molecule has 33 heavy (non-hydrogen) atoms. The molecule has 0 fully saturated rings. The number of unbranched alkanes of at least 4 members (excludes halogenated alkanes) is 1. The molecule has 0 saturated carbocycles. The zero-order valence-corrected chi connectivity index (χ0v) is 20.0. The SMILES string of the molecule is CCCCN(CC(=O)Nc1cc(-c2ccccc2)nn1-c1ccc(C)cc1)C(=O)CC(C)C. The molecular weight excluding hydrogens is 412 g/mol. The van der Waals surface area contributed by atoms with Gasteiger partial charge in [0, 0.05) is 24.6 Å². The molecule has 0 atom stereocenters. The maximum Gasteiger partial charge on any atom is 0.245 e. The van der Waals surface area contributed by atoms with Gasteiger partial charge in [-0.15, -0.1) is 0 Å². The van der Waals surface area contributed by atoms with Crippen LogP contribution in [0.3, 0.4) is 0 Å². The van der Waals surface area contributed by atoms with E-state index < -0.39 is 0 Å². The van der Waals surface area contributed by atoms with Gasteiger partial charge in [0.25, 0.3) is 0 Å². The topological polar surface area (TPSA) is 67.2 Å². The van der Waals surface area contributed by atoms with Crippen LogP contribution in [-0.2, 0) is 9.59 Å². The smallest absolute Gasteiger partial charge is 0.245 e. The molecule has 0 unspecified atom stereocenters. The summed E-state index contributed by atoms with van der Waals surface area (Å²) in [6.45, 7) is 8.76. The minimum absolute atomic E-state index is 0.0191. The highest BCUT2D eigenvalue weighted by atomic mass is 16.2. The van der Waals surface area contributed by atoms with Crippen LogP contribution in [0, 0.1) is 12.8 Å². The van der Waals surface area contributed by atoms with E-state index in [0.717, 1.165) is 35.3 Å². The van der Waals surface area contributed by atoms with Crippen LogP contribution in [-0.4, -0.2) is 39.6 Å². The van der Waals surface area contributed by atoms with Crippen molar-refractivity contribution in [3.8, 4) is 16.9 Å². The molecule has 3 aromatic rings. The fourth-order valence-corrected chi connectivity index (χ4v) is 3.58. The molecule has 1 heterocycles. The van der Waals surface area contributed by atoms with Gasteiger partial charge >= 0.3 is 0 Å². The molecule has 0 aliphatic carbocycles. The van der Waals surface area contributed by atoms with Crippen LogP contribution in [0.5, 0.6) is 0 Å². The van der Waals surface area contributed by atoms with E-state index in [2.05, 4.69) is 12.2 Å². The highest BCUT2D eigenvalue weighted by molar-refractivity contribution is 5.94. The second kappa shape index (κ2) is 11.5. The maximum atomic E-state index is 13.0. The summed E-state index contributed by atoms with van der Waals surface area (Å²) in [6, 6.07) is 19.7. The van der Waals surface area contributed by atoms with E-state index in [1.54, 1.807) is 9.58 Å². The van der Waals surface area contributed by atoms with Crippen molar-refractivity contribution in [1.29, 1.82) is 0 Å². The molecular formula is C27H34N4O2. The van der Waals surface area contributed by atoms with Crippen molar-refractivity contribution in [2.45, 2.75) is 47.0 Å². The number of hydrogen-bond acceptors (Lipinski definition) is 3. The number of nitrogens with zero attached hydrogens (tertiary/aromatic N) is 3. The number of carbonyl (C=O) groups is 2. The molecule has 2 amide bonds. The first-order valence-electron chi connectivity index (χ1n) is 11.7. The van der Waals surface area contributed by atoms with Gasteiger partial charge in [-0.1, -0.05) is 75.2 Å². The van der Waals surface area contributed by atoms with Gasteiger partial charge < -0.3 is 10.2 Å². The van der Waals surface area contributed by atoms with E-state index in [0.29, 0.717) is 18.8 Å². The van der Waals surface area contributed by atoms with Crippen LogP contribution in [0.15, 0.2) is 60.7 Å². The zero-order valence-electron chi connectivity index (χ0n) is 20.0. The van der Waals surface area contributed by atoms with Gasteiger partial charge in [-0.3, -0.25) is 9.59 Å². The Morgan fingerprint density at radius 1 is 1.06 bits per heavy atom. The van der Waals surface area contributed by atoms with Crippen molar-refractivity contribution in [1.82, 2.24) is 14.7 Å². The van der Waals surface area contributed by atoms with Gasteiger partial charge in [0.1, 0.15) is 5.82 Å². The van der Waals surface area contributed by atoms with E-state index in [4.69, 9.17) is 5.10 Å². The minimum atomic E-state index is -0.226. The van der Waals surface area contributed by atoms with Gasteiger partial charge in [0.15, 0.2) is 0 Å². The van der Waals surface area contributed by atoms with Gasteiger partial charge in [-0.25, -0.2) is 4.68 Å². The Balaban J connectivity index is 1.85. The summed E-state index contributed by atoms with van der Waals surface area (Å²) in [5.74, 6) is 0.622. The Hall–Kier alpha value is -3.41. The molecule has 6 nitrogen and oxygen atoms in total. The van der Waals surface area contributed by atoms with Crippen LogP contribution < -0.4 is 5.32 Å². The average molecular weight is 447 g/mol. The van der Waals surface area contributed by atoms with Crippen molar-refractivity contribution < 1.29 is 9.59 Å². The third-order valence-corrected chi connectivity index (χ3v) is 5.38. The zero-order chi connectivity index (χ0) is 23.8. The van der Waals surface area contributed by atoms with Gasteiger partial charge in [-0.2, -0.15) is 5.10 Å². The number of amides is 2. The lowest BCUT2D eigenvalue weighted by molar-refractivity contribution is -0.135. The van der Waals surface area contributed by atoms with Gasteiger partial charge in [0.2, 0.25) is 11.8 Å². The first-order chi connectivity index (χ1) is 15.9. The lowest BCUT2D eigenvalue weighted by Crippen LogP contribution is -2.39. The molecule has 0 spiro atoms. The fraction of sp³-hybridized carbons (Fsp3) is 0.370. The standard InChI is InChI=1S/C27H34N4O2/c1-5-6-16-30(27(33)17-20(2)3)19-26(32)28-25-18-24(22-10-8-7-9-11-22)29-31(25)23-14-12-21(4)13-15-23/h7-15,18,20H,5-6,16-17,19H2,1-4H3,(H,28,32). The number of aromatic nitrogens is 2. The molecule has 0 aliphatic rings. The minimum Gasteiger partial charge on any atom is -0.333 e. The van der Waals surface area contributed by atoms with Crippen LogP contribution in [0.25, 0.3) is 16.9 Å². The fourth-order valence-electron chi connectivity index (χ4n) is 3.58. The molecule has 3 rings (SSSR count). The van der Waals surface area contributed by atoms with Crippen LogP contribution in [0.4, 0.5) is 5.82 Å². The van der Waals surface area contributed by atoms with Crippen molar-refractivity contribution in [2.24, 2.45) is 5.92 Å². The Bertz CT molecular complexity index is 1060. The predicted octanol–water partition coefficient (Wildman–Crippen LogP) is 5.46. The molecule has 0 aliphatic heterocycles. The summed E-state index contributed by atoms with van der Waals surface area (Å²) in [4.78, 5) is 27.4. The summed E-state index contributed by atoms with van der Waals surface area (Å²) >= 11 is 0. The van der Waals surface area contributed by atoms with E-state index in [9.17, 15) is 9.59 Å². The number of hydrogen-bond donors (Lipinski definition) is 1. The second-order valence-corrected chi connectivity index (χ2v) is 8.84. The van der Waals surface area contributed by atoms with Crippen LogP contribution in [0.1, 0.15) is 45.6 Å². The summed E-state index contributed by atoms with van der Waals surface area (Å²) in [7, 11) is 0. The number of anilines is 1. The summed E-state index contributed by atoms with van der Waals surface area (Å²) in [5, 5.41) is 7.75.